The Bertz CT molecular complexity index is 423. The lowest BCUT2D eigenvalue weighted by molar-refractivity contribution is 0.0696. The van der Waals surface area contributed by atoms with Gasteiger partial charge in [0.05, 0.1) is 17.4 Å². The fraction of sp³-hybridized carbons (Fsp3) is 0.364. The van der Waals surface area contributed by atoms with Gasteiger partial charge in [-0.25, -0.2) is 9.59 Å². The third kappa shape index (κ3) is 4.79. The Morgan fingerprint density at radius 3 is 2.89 bits per heavy atom. The van der Waals surface area contributed by atoms with Gasteiger partial charge in [-0.15, -0.1) is 0 Å². The van der Waals surface area contributed by atoms with Crippen LogP contribution >= 0.6 is 0 Å². The Morgan fingerprint density at radius 2 is 2.22 bits per heavy atom. The highest BCUT2D eigenvalue weighted by Gasteiger charge is 2.06. The lowest BCUT2D eigenvalue weighted by Gasteiger charge is -2.07. The van der Waals surface area contributed by atoms with Crippen LogP contribution in [0.2, 0.25) is 0 Å². The highest BCUT2D eigenvalue weighted by Crippen LogP contribution is 2.07. The second kappa shape index (κ2) is 7.23. The molecule has 0 aliphatic carbocycles. The Hall–Kier alpha value is -2.15. The number of pyridine rings is 1. The van der Waals surface area contributed by atoms with Gasteiger partial charge in [-0.3, -0.25) is 4.98 Å². The number of rotatable bonds is 6. The van der Waals surface area contributed by atoms with Crippen LogP contribution < -0.4 is 10.6 Å². The van der Waals surface area contributed by atoms with E-state index in [4.69, 9.17) is 9.84 Å². The average Bonchev–Trinajstić information content (AvgIpc) is 2.35. The molecule has 0 saturated carbocycles. The fourth-order valence-corrected chi connectivity index (χ4v) is 1.22. The minimum Gasteiger partial charge on any atom is -0.478 e. The number of urea groups is 1. The highest BCUT2D eigenvalue weighted by atomic mass is 16.5. The number of carbonyl (C=O) groups excluding carboxylic acids is 1. The number of carboxylic acids is 1. The monoisotopic (exact) mass is 253 g/mol. The molecule has 0 aliphatic heterocycles. The highest BCUT2D eigenvalue weighted by molar-refractivity contribution is 5.92. The van der Waals surface area contributed by atoms with Gasteiger partial charge in [-0.1, -0.05) is 0 Å². The number of hydrogen-bond acceptors (Lipinski definition) is 4. The van der Waals surface area contributed by atoms with E-state index in [9.17, 15) is 9.59 Å². The van der Waals surface area contributed by atoms with E-state index in [0.29, 0.717) is 25.3 Å². The van der Waals surface area contributed by atoms with E-state index in [1.54, 1.807) is 7.11 Å². The molecule has 0 atom stereocenters. The maximum atomic E-state index is 11.4. The first-order valence-electron chi connectivity index (χ1n) is 5.35. The predicted molar refractivity (Wildman–Crippen MR) is 64.7 cm³/mol. The summed E-state index contributed by atoms with van der Waals surface area (Å²) >= 11 is 0. The Labute approximate surface area is 104 Å². The number of anilines is 1. The summed E-state index contributed by atoms with van der Waals surface area (Å²) in [5.74, 6) is -1.09. The summed E-state index contributed by atoms with van der Waals surface area (Å²) in [5, 5.41) is 13.9. The fourth-order valence-electron chi connectivity index (χ4n) is 1.22. The van der Waals surface area contributed by atoms with Crippen molar-refractivity contribution in [2.75, 3.05) is 25.6 Å². The van der Waals surface area contributed by atoms with Crippen LogP contribution in [-0.2, 0) is 4.74 Å². The van der Waals surface area contributed by atoms with E-state index in [0.717, 1.165) is 0 Å². The number of carbonyl (C=O) groups is 2. The van der Waals surface area contributed by atoms with E-state index >= 15 is 0 Å². The molecule has 0 spiro atoms. The minimum absolute atomic E-state index is 0.0205. The molecular formula is C11H15N3O4. The average molecular weight is 253 g/mol. The number of carboxylic acid groups (broad SMARTS) is 1. The van der Waals surface area contributed by atoms with Crippen LogP contribution in [0.15, 0.2) is 18.5 Å². The zero-order valence-electron chi connectivity index (χ0n) is 9.97. The van der Waals surface area contributed by atoms with E-state index in [-0.39, 0.29) is 5.56 Å². The van der Waals surface area contributed by atoms with E-state index < -0.39 is 12.0 Å². The molecule has 1 aromatic heterocycles. The summed E-state index contributed by atoms with van der Waals surface area (Å²) in [7, 11) is 1.59. The van der Waals surface area contributed by atoms with Crippen molar-refractivity contribution in [1.29, 1.82) is 0 Å². The largest absolute Gasteiger partial charge is 0.478 e. The second-order valence-corrected chi connectivity index (χ2v) is 3.49. The lowest BCUT2D eigenvalue weighted by atomic mass is 10.3. The maximum Gasteiger partial charge on any atom is 0.337 e. The molecule has 3 N–H and O–H groups in total. The number of aromatic nitrogens is 1. The van der Waals surface area contributed by atoms with Crippen molar-refractivity contribution >= 4 is 17.7 Å². The van der Waals surface area contributed by atoms with Gasteiger partial charge in [0.2, 0.25) is 0 Å². The Balaban J connectivity index is 2.44. The summed E-state index contributed by atoms with van der Waals surface area (Å²) in [6, 6.07) is 0.930. The first-order valence-corrected chi connectivity index (χ1v) is 5.35. The molecule has 0 aromatic carbocycles. The van der Waals surface area contributed by atoms with Crippen LogP contribution in [0.5, 0.6) is 0 Å². The molecular weight excluding hydrogens is 238 g/mol. The zero-order chi connectivity index (χ0) is 13.4. The number of methoxy groups -OCH3 is 1. The Kier molecular flexibility index (Phi) is 5.59. The van der Waals surface area contributed by atoms with Crippen LogP contribution in [0.1, 0.15) is 16.8 Å². The van der Waals surface area contributed by atoms with Crippen molar-refractivity contribution in [2.45, 2.75) is 6.42 Å². The molecule has 18 heavy (non-hydrogen) atoms. The second-order valence-electron chi connectivity index (χ2n) is 3.49. The lowest BCUT2D eigenvalue weighted by Crippen LogP contribution is -2.30. The van der Waals surface area contributed by atoms with Crippen molar-refractivity contribution < 1.29 is 19.4 Å². The molecule has 0 radical (unpaired) electrons. The molecule has 7 nitrogen and oxygen atoms in total. The zero-order valence-corrected chi connectivity index (χ0v) is 9.97. The van der Waals surface area contributed by atoms with Gasteiger partial charge >= 0.3 is 12.0 Å². The third-order valence-corrected chi connectivity index (χ3v) is 2.05. The van der Waals surface area contributed by atoms with Crippen LogP contribution in [0, 0.1) is 0 Å². The summed E-state index contributed by atoms with van der Waals surface area (Å²) in [6.45, 7) is 1.04. The quantitative estimate of drug-likeness (QED) is 0.655. The molecule has 0 bridgehead atoms. The predicted octanol–water partition coefficient (Wildman–Crippen LogP) is 0.938. The number of hydrogen-bond donors (Lipinski definition) is 3. The summed E-state index contributed by atoms with van der Waals surface area (Å²) in [5.41, 5.74) is 0.353. The van der Waals surface area contributed by atoms with Crippen molar-refractivity contribution in [2.24, 2.45) is 0 Å². The standard InChI is InChI=1S/C11H15N3O4/c1-18-4-2-3-13-11(17)14-9-5-8(10(15)16)6-12-7-9/h5-7H,2-4H2,1H3,(H,15,16)(H2,13,14,17). The van der Waals surface area contributed by atoms with E-state index in [2.05, 4.69) is 15.6 Å². The number of nitrogens with one attached hydrogen (secondary N) is 2. The molecule has 1 heterocycles. The summed E-state index contributed by atoms with van der Waals surface area (Å²) in [6.07, 6.45) is 3.29. The van der Waals surface area contributed by atoms with Gasteiger partial charge in [-0.05, 0) is 12.5 Å². The van der Waals surface area contributed by atoms with Crippen molar-refractivity contribution in [3.63, 3.8) is 0 Å². The first-order chi connectivity index (χ1) is 8.63. The van der Waals surface area contributed by atoms with Crippen LogP contribution in [-0.4, -0.2) is 42.4 Å². The normalized spacial score (nSPS) is 9.83. The van der Waals surface area contributed by atoms with Gasteiger partial charge in [0.15, 0.2) is 0 Å². The molecule has 0 unspecified atom stereocenters. The molecule has 0 saturated heterocycles. The molecule has 1 rings (SSSR count). The van der Waals surface area contributed by atoms with E-state index in [1.807, 2.05) is 0 Å². The van der Waals surface area contributed by atoms with Crippen LogP contribution in [0.3, 0.4) is 0 Å². The maximum absolute atomic E-state index is 11.4. The van der Waals surface area contributed by atoms with Crippen molar-refractivity contribution in [1.82, 2.24) is 10.3 Å². The van der Waals surface area contributed by atoms with Gasteiger partial charge in [0.25, 0.3) is 0 Å². The minimum atomic E-state index is -1.09. The van der Waals surface area contributed by atoms with Crippen molar-refractivity contribution in [3.8, 4) is 0 Å². The van der Waals surface area contributed by atoms with Gasteiger partial charge in [-0.2, -0.15) is 0 Å². The molecule has 0 aliphatic rings. The first kappa shape index (κ1) is 13.9. The number of aromatic carboxylic acids is 1. The third-order valence-electron chi connectivity index (χ3n) is 2.05. The summed E-state index contributed by atoms with van der Waals surface area (Å²) in [4.78, 5) is 25.8. The number of nitrogens with zero attached hydrogens (tertiary/aromatic N) is 1. The van der Waals surface area contributed by atoms with Crippen LogP contribution in [0.25, 0.3) is 0 Å². The molecule has 98 valence electrons. The van der Waals surface area contributed by atoms with Gasteiger partial charge in [0.1, 0.15) is 0 Å². The van der Waals surface area contributed by atoms with Crippen LogP contribution in [0.4, 0.5) is 10.5 Å². The van der Waals surface area contributed by atoms with Gasteiger partial charge in [0, 0.05) is 26.5 Å². The Morgan fingerprint density at radius 1 is 1.44 bits per heavy atom. The molecule has 0 fully saturated rings. The topological polar surface area (TPSA) is 101 Å². The van der Waals surface area contributed by atoms with Crippen molar-refractivity contribution in [3.05, 3.63) is 24.0 Å². The van der Waals surface area contributed by atoms with Gasteiger partial charge < -0.3 is 20.5 Å². The SMILES string of the molecule is COCCCNC(=O)Nc1cncc(C(=O)O)c1. The van der Waals surface area contributed by atoms with E-state index in [1.165, 1.54) is 18.5 Å². The summed E-state index contributed by atoms with van der Waals surface area (Å²) < 4.78 is 4.84. The number of ether oxygens (including phenoxy) is 1. The molecule has 2 amide bonds. The smallest absolute Gasteiger partial charge is 0.337 e. The molecule has 1 aromatic rings. The number of amides is 2. The molecule has 7 heteroatoms.